The molecule has 0 aliphatic rings. The van der Waals surface area contributed by atoms with Crippen molar-refractivity contribution in [3.63, 3.8) is 0 Å². The number of benzene rings is 1. The van der Waals surface area contributed by atoms with Gasteiger partial charge in [-0.1, -0.05) is 11.6 Å². The van der Waals surface area contributed by atoms with Gasteiger partial charge < -0.3 is 10.4 Å². The highest BCUT2D eigenvalue weighted by molar-refractivity contribution is 7.99. The summed E-state index contributed by atoms with van der Waals surface area (Å²) in [6.45, 7) is 1.25. The van der Waals surface area contributed by atoms with Gasteiger partial charge in [-0.15, -0.1) is 11.8 Å². The van der Waals surface area contributed by atoms with Crippen LogP contribution in [0.5, 0.6) is 0 Å². The highest BCUT2D eigenvalue weighted by Crippen LogP contribution is 2.26. The molecule has 2 N–H and O–H groups in total. The van der Waals surface area contributed by atoms with Crippen molar-refractivity contribution in [3.05, 3.63) is 28.8 Å². The number of nitrogens with zero attached hydrogens (tertiary/aromatic N) is 1. The lowest BCUT2D eigenvalue weighted by Gasteiger charge is -2.13. The number of thioether (sulfide) groups is 1. The molecule has 1 rings (SSSR count). The van der Waals surface area contributed by atoms with E-state index in [9.17, 15) is 9.59 Å². The molecule has 7 heteroatoms. The van der Waals surface area contributed by atoms with Gasteiger partial charge in [0, 0.05) is 22.6 Å². The molecule has 1 aromatic rings. The summed E-state index contributed by atoms with van der Waals surface area (Å²) in [5, 5.41) is 20.7. The van der Waals surface area contributed by atoms with Gasteiger partial charge in [0.2, 0.25) is 5.91 Å². The van der Waals surface area contributed by atoms with E-state index in [1.54, 1.807) is 18.2 Å². The van der Waals surface area contributed by atoms with E-state index in [4.69, 9.17) is 22.0 Å². The van der Waals surface area contributed by atoms with Crippen LogP contribution in [-0.4, -0.2) is 28.8 Å². The first-order valence-electron chi connectivity index (χ1n) is 5.26. The minimum absolute atomic E-state index is 0.115. The maximum absolute atomic E-state index is 11.0. The van der Waals surface area contributed by atoms with Gasteiger partial charge in [-0.3, -0.25) is 4.79 Å². The van der Waals surface area contributed by atoms with Gasteiger partial charge in [-0.05, 0) is 18.2 Å². The first-order chi connectivity index (χ1) is 8.93. The van der Waals surface area contributed by atoms with Crippen molar-refractivity contribution in [3.8, 4) is 6.07 Å². The second-order valence-electron chi connectivity index (χ2n) is 3.65. The van der Waals surface area contributed by atoms with E-state index < -0.39 is 17.9 Å². The second-order valence-corrected chi connectivity index (χ2v) is 5.15. The van der Waals surface area contributed by atoms with Crippen molar-refractivity contribution in [1.82, 2.24) is 5.32 Å². The normalized spacial score (nSPS) is 11.4. The zero-order chi connectivity index (χ0) is 14.4. The summed E-state index contributed by atoms with van der Waals surface area (Å²) < 4.78 is 0. The number of carbonyl (C=O) groups is 2. The number of hydrogen-bond acceptors (Lipinski definition) is 4. The maximum atomic E-state index is 11.0. The molecule has 1 aromatic carbocycles. The second kappa shape index (κ2) is 7.02. The molecular formula is C12H11ClN2O3S. The Balaban J connectivity index is 2.79. The molecule has 19 heavy (non-hydrogen) atoms. The van der Waals surface area contributed by atoms with E-state index in [2.05, 4.69) is 5.32 Å². The number of amides is 1. The number of hydrogen-bond donors (Lipinski definition) is 2. The number of nitriles is 1. The summed E-state index contributed by atoms with van der Waals surface area (Å²) in [6.07, 6.45) is 0. The molecule has 0 heterocycles. The molecule has 0 saturated heterocycles. The lowest BCUT2D eigenvalue weighted by Crippen LogP contribution is -2.41. The summed E-state index contributed by atoms with van der Waals surface area (Å²) in [5.41, 5.74) is 0.418. The predicted molar refractivity (Wildman–Crippen MR) is 72.1 cm³/mol. The standard InChI is InChI=1S/C12H11ClN2O3S/c1-7(16)15-10(12(17)18)6-19-11-4-9(13)3-2-8(11)5-14/h2-4,10H,6H2,1H3,(H,15,16)(H,17,18). The Labute approximate surface area is 119 Å². The quantitative estimate of drug-likeness (QED) is 0.810. The third kappa shape index (κ3) is 4.81. The summed E-state index contributed by atoms with van der Waals surface area (Å²) in [4.78, 5) is 22.4. The molecule has 0 spiro atoms. The van der Waals surface area contributed by atoms with Crippen LogP contribution in [0.2, 0.25) is 5.02 Å². The summed E-state index contributed by atoms with van der Waals surface area (Å²) in [7, 11) is 0. The number of carbonyl (C=O) groups excluding carboxylic acids is 1. The van der Waals surface area contributed by atoms with Crippen LogP contribution in [0.1, 0.15) is 12.5 Å². The molecular weight excluding hydrogens is 288 g/mol. The summed E-state index contributed by atoms with van der Waals surface area (Å²) in [6, 6.07) is 5.75. The third-order valence-electron chi connectivity index (χ3n) is 2.15. The van der Waals surface area contributed by atoms with E-state index in [0.29, 0.717) is 15.5 Å². The number of carboxylic acid groups (broad SMARTS) is 1. The van der Waals surface area contributed by atoms with Crippen LogP contribution in [-0.2, 0) is 9.59 Å². The smallest absolute Gasteiger partial charge is 0.327 e. The molecule has 0 aliphatic carbocycles. The van der Waals surface area contributed by atoms with E-state index in [1.165, 1.54) is 6.92 Å². The highest BCUT2D eigenvalue weighted by atomic mass is 35.5. The van der Waals surface area contributed by atoms with Gasteiger partial charge in [0.05, 0.1) is 5.56 Å². The monoisotopic (exact) mass is 298 g/mol. The highest BCUT2D eigenvalue weighted by Gasteiger charge is 2.19. The fourth-order valence-corrected chi connectivity index (χ4v) is 2.59. The number of halogens is 1. The van der Waals surface area contributed by atoms with Gasteiger partial charge in [-0.2, -0.15) is 5.26 Å². The zero-order valence-corrected chi connectivity index (χ0v) is 11.6. The molecule has 0 aromatic heterocycles. The van der Waals surface area contributed by atoms with Crippen molar-refractivity contribution in [2.75, 3.05) is 5.75 Å². The topological polar surface area (TPSA) is 90.2 Å². The maximum Gasteiger partial charge on any atom is 0.327 e. The number of aliphatic carboxylic acids is 1. The first-order valence-corrected chi connectivity index (χ1v) is 6.62. The SMILES string of the molecule is CC(=O)NC(CSc1cc(Cl)ccc1C#N)C(=O)O. The molecule has 1 atom stereocenters. The third-order valence-corrected chi connectivity index (χ3v) is 3.53. The van der Waals surface area contributed by atoms with Gasteiger partial charge >= 0.3 is 5.97 Å². The number of carboxylic acids is 1. The molecule has 5 nitrogen and oxygen atoms in total. The Hall–Kier alpha value is -1.71. The van der Waals surface area contributed by atoms with E-state index in [-0.39, 0.29) is 5.75 Å². The van der Waals surface area contributed by atoms with Crippen LogP contribution in [0.3, 0.4) is 0 Å². The van der Waals surface area contributed by atoms with Gasteiger partial charge in [0.25, 0.3) is 0 Å². The Kier molecular flexibility index (Phi) is 5.67. The summed E-state index contributed by atoms with van der Waals surface area (Å²) in [5.74, 6) is -1.42. The average Bonchev–Trinajstić information content (AvgIpc) is 2.34. The van der Waals surface area contributed by atoms with Crippen LogP contribution in [0.4, 0.5) is 0 Å². The molecule has 0 radical (unpaired) electrons. The van der Waals surface area contributed by atoms with Crippen LogP contribution in [0.25, 0.3) is 0 Å². The molecule has 0 aliphatic heterocycles. The Morgan fingerprint density at radius 3 is 2.79 bits per heavy atom. The molecule has 1 unspecified atom stereocenters. The Morgan fingerprint density at radius 1 is 1.58 bits per heavy atom. The Bertz CT molecular complexity index is 542. The zero-order valence-electron chi connectivity index (χ0n) is 10.0. The van der Waals surface area contributed by atoms with Crippen LogP contribution in [0, 0.1) is 11.3 Å². The van der Waals surface area contributed by atoms with E-state index >= 15 is 0 Å². The summed E-state index contributed by atoms with van der Waals surface area (Å²) >= 11 is 6.99. The van der Waals surface area contributed by atoms with Crippen LogP contribution >= 0.6 is 23.4 Å². The minimum Gasteiger partial charge on any atom is -0.480 e. The molecule has 100 valence electrons. The van der Waals surface area contributed by atoms with Gasteiger partial charge in [-0.25, -0.2) is 4.79 Å². The minimum atomic E-state index is -1.12. The molecule has 1 amide bonds. The van der Waals surface area contributed by atoms with Crippen LogP contribution in [0.15, 0.2) is 23.1 Å². The van der Waals surface area contributed by atoms with Crippen molar-refractivity contribution >= 4 is 35.2 Å². The fourth-order valence-electron chi connectivity index (χ4n) is 1.30. The van der Waals surface area contributed by atoms with Gasteiger partial charge in [0.15, 0.2) is 0 Å². The predicted octanol–water partition coefficient (Wildman–Crippen LogP) is 1.89. The lowest BCUT2D eigenvalue weighted by atomic mass is 10.2. The van der Waals surface area contributed by atoms with E-state index in [0.717, 1.165) is 11.8 Å². The van der Waals surface area contributed by atoms with Crippen molar-refractivity contribution in [2.45, 2.75) is 17.9 Å². The van der Waals surface area contributed by atoms with Crippen molar-refractivity contribution < 1.29 is 14.7 Å². The first kappa shape index (κ1) is 15.3. The number of rotatable bonds is 5. The van der Waals surface area contributed by atoms with Crippen molar-refractivity contribution in [1.29, 1.82) is 5.26 Å². The fraction of sp³-hybridized carbons (Fsp3) is 0.250. The molecule has 0 saturated carbocycles. The molecule has 0 fully saturated rings. The molecule has 0 bridgehead atoms. The average molecular weight is 299 g/mol. The van der Waals surface area contributed by atoms with Crippen LogP contribution < -0.4 is 5.32 Å². The largest absolute Gasteiger partial charge is 0.480 e. The van der Waals surface area contributed by atoms with Crippen molar-refractivity contribution in [2.24, 2.45) is 0 Å². The van der Waals surface area contributed by atoms with E-state index in [1.807, 2.05) is 6.07 Å². The number of nitrogens with one attached hydrogen (secondary N) is 1. The van der Waals surface area contributed by atoms with Gasteiger partial charge in [0.1, 0.15) is 12.1 Å². The Morgan fingerprint density at radius 2 is 2.26 bits per heavy atom. The lowest BCUT2D eigenvalue weighted by molar-refractivity contribution is -0.140.